The molecule has 1 fully saturated rings. The molecule has 0 bridgehead atoms. The minimum atomic E-state index is -0.414. The predicted octanol–water partition coefficient (Wildman–Crippen LogP) is 2.49. The smallest absolute Gasteiger partial charge is 0.229 e. The number of carbonyl (C=O) groups excluding carboxylic acids is 2. The summed E-state index contributed by atoms with van der Waals surface area (Å²) in [5.74, 6) is 0.0516. The Morgan fingerprint density at radius 3 is 2.25 bits per heavy atom. The van der Waals surface area contributed by atoms with E-state index in [1.165, 1.54) is 0 Å². The van der Waals surface area contributed by atoms with E-state index in [1.54, 1.807) is 0 Å². The van der Waals surface area contributed by atoms with Crippen molar-refractivity contribution < 1.29 is 9.59 Å². The fourth-order valence-electron chi connectivity index (χ4n) is 1.72. The Morgan fingerprint density at radius 1 is 1.15 bits per heavy atom. The number of hydrogen-bond acceptors (Lipinski definition) is 2. The summed E-state index contributed by atoms with van der Waals surface area (Å²) in [4.78, 5) is 23.5. The molecule has 2 N–H and O–H groups in total. The zero-order valence-electron chi connectivity index (χ0n) is 12.3. The first-order valence-electron chi connectivity index (χ1n) is 7.04. The highest BCUT2D eigenvalue weighted by Crippen LogP contribution is 2.19. The maximum atomic E-state index is 11.8. The second-order valence-electron chi connectivity index (χ2n) is 6.42. The van der Waals surface area contributed by atoms with Crippen LogP contribution in [0.2, 0.25) is 0 Å². The van der Waals surface area contributed by atoms with Crippen molar-refractivity contribution in [1.29, 1.82) is 0 Å². The second kappa shape index (κ2) is 5.65. The van der Waals surface area contributed by atoms with Crippen LogP contribution in [0.15, 0.2) is 24.3 Å². The molecule has 0 aliphatic heterocycles. The molecular weight excluding hydrogens is 252 g/mol. The van der Waals surface area contributed by atoms with E-state index < -0.39 is 5.41 Å². The van der Waals surface area contributed by atoms with Gasteiger partial charge in [0.25, 0.3) is 0 Å². The first-order chi connectivity index (χ1) is 9.34. The Hall–Kier alpha value is -1.84. The fourth-order valence-corrected chi connectivity index (χ4v) is 1.72. The van der Waals surface area contributed by atoms with Crippen LogP contribution in [0.4, 0.5) is 5.69 Å². The molecule has 1 saturated carbocycles. The number of rotatable bonds is 4. The highest BCUT2D eigenvalue weighted by atomic mass is 16.2. The van der Waals surface area contributed by atoms with Crippen LogP contribution in [-0.4, -0.2) is 17.9 Å². The number of carbonyl (C=O) groups is 2. The zero-order chi connectivity index (χ0) is 14.8. The van der Waals surface area contributed by atoms with Crippen LogP contribution >= 0.6 is 0 Å². The van der Waals surface area contributed by atoms with Gasteiger partial charge in [-0.25, -0.2) is 0 Å². The maximum Gasteiger partial charge on any atom is 0.229 e. The molecule has 0 spiro atoms. The molecule has 1 aliphatic carbocycles. The van der Waals surface area contributed by atoms with Gasteiger partial charge in [0.1, 0.15) is 0 Å². The van der Waals surface area contributed by atoms with Crippen LogP contribution in [0, 0.1) is 5.41 Å². The van der Waals surface area contributed by atoms with Crippen molar-refractivity contribution in [2.45, 2.75) is 46.1 Å². The van der Waals surface area contributed by atoms with Gasteiger partial charge in [-0.15, -0.1) is 0 Å². The Balaban J connectivity index is 1.88. The molecule has 108 valence electrons. The van der Waals surface area contributed by atoms with Gasteiger partial charge in [-0.05, 0) is 30.5 Å². The van der Waals surface area contributed by atoms with E-state index in [0.717, 1.165) is 24.1 Å². The molecule has 0 heterocycles. The van der Waals surface area contributed by atoms with Crippen molar-refractivity contribution in [1.82, 2.24) is 5.32 Å². The molecule has 0 saturated heterocycles. The minimum absolute atomic E-state index is 0.0169. The first-order valence-corrected chi connectivity index (χ1v) is 7.04. The molecule has 4 heteroatoms. The third kappa shape index (κ3) is 4.37. The predicted molar refractivity (Wildman–Crippen MR) is 79.4 cm³/mol. The van der Waals surface area contributed by atoms with Crippen molar-refractivity contribution in [2.24, 2.45) is 5.41 Å². The van der Waals surface area contributed by atoms with Gasteiger partial charge in [0, 0.05) is 17.1 Å². The van der Waals surface area contributed by atoms with E-state index >= 15 is 0 Å². The second-order valence-corrected chi connectivity index (χ2v) is 6.42. The fraction of sp³-hybridized carbons (Fsp3) is 0.500. The van der Waals surface area contributed by atoms with Crippen molar-refractivity contribution in [3.05, 3.63) is 29.8 Å². The molecule has 1 aromatic rings. The summed E-state index contributed by atoms with van der Waals surface area (Å²) in [5.41, 5.74) is 1.30. The Labute approximate surface area is 119 Å². The first kappa shape index (κ1) is 14.6. The Bertz CT molecular complexity index is 496. The van der Waals surface area contributed by atoms with Crippen LogP contribution in [0.1, 0.15) is 39.2 Å². The number of benzene rings is 1. The van der Waals surface area contributed by atoms with Gasteiger partial charge >= 0.3 is 0 Å². The number of nitrogens with one attached hydrogen (secondary N) is 2. The summed E-state index contributed by atoms with van der Waals surface area (Å²) in [5, 5.41) is 5.83. The van der Waals surface area contributed by atoms with Crippen molar-refractivity contribution in [3.8, 4) is 0 Å². The lowest BCUT2D eigenvalue weighted by Crippen LogP contribution is -2.28. The van der Waals surface area contributed by atoms with E-state index in [0.29, 0.717) is 12.5 Å². The van der Waals surface area contributed by atoms with Crippen LogP contribution in [0.5, 0.6) is 0 Å². The van der Waals surface area contributed by atoms with Crippen LogP contribution in [0.25, 0.3) is 0 Å². The highest BCUT2D eigenvalue weighted by molar-refractivity contribution is 5.94. The summed E-state index contributed by atoms with van der Waals surface area (Å²) in [6.45, 7) is 5.62. The van der Waals surface area contributed by atoms with Gasteiger partial charge in [-0.1, -0.05) is 32.9 Å². The topological polar surface area (TPSA) is 58.2 Å². The molecule has 0 radical (unpaired) electrons. The normalized spacial score (nSPS) is 14.8. The zero-order valence-corrected chi connectivity index (χ0v) is 12.3. The largest absolute Gasteiger partial charge is 0.353 e. The maximum absolute atomic E-state index is 11.8. The lowest BCUT2D eigenvalue weighted by molar-refractivity contribution is -0.123. The summed E-state index contributed by atoms with van der Waals surface area (Å²) in [6, 6.07) is 7.83. The molecule has 2 amide bonds. The lowest BCUT2D eigenvalue weighted by Gasteiger charge is -2.17. The van der Waals surface area contributed by atoms with E-state index in [2.05, 4.69) is 10.6 Å². The Morgan fingerprint density at radius 2 is 1.75 bits per heavy atom. The summed E-state index contributed by atoms with van der Waals surface area (Å²) < 4.78 is 0. The van der Waals surface area contributed by atoms with Crippen LogP contribution < -0.4 is 10.6 Å². The van der Waals surface area contributed by atoms with Crippen molar-refractivity contribution in [2.75, 3.05) is 5.32 Å². The molecule has 2 rings (SSSR count). The van der Waals surface area contributed by atoms with Gasteiger partial charge < -0.3 is 10.6 Å². The average molecular weight is 274 g/mol. The molecular formula is C16H22N2O2. The number of anilines is 1. The van der Waals surface area contributed by atoms with Gasteiger partial charge in [0.15, 0.2) is 0 Å². The highest BCUT2D eigenvalue weighted by Gasteiger charge is 2.23. The molecule has 20 heavy (non-hydrogen) atoms. The SMILES string of the molecule is CC(C)(C)C(=O)Nc1ccc(CC(=O)NC2CC2)cc1. The van der Waals surface area contributed by atoms with Crippen LogP contribution in [0.3, 0.4) is 0 Å². The standard InChI is InChI=1S/C16H22N2O2/c1-16(2,3)15(20)18-13-6-4-11(5-7-13)10-14(19)17-12-8-9-12/h4-7,12H,8-10H2,1-3H3,(H,17,19)(H,18,20). The summed E-state index contributed by atoms with van der Waals surface area (Å²) in [6.07, 6.45) is 2.59. The Kier molecular flexibility index (Phi) is 4.12. The van der Waals surface area contributed by atoms with E-state index in [-0.39, 0.29) is 11.8 Å². The summed E-state index contributed by atoms with van der Waals surface area (Å²) in [7, 11) is 0. The number of amides is 2. The van der Waals surface area contributed by atoms with Crippen molar-refractivity contribution >= 4 is 17.5 Å². The van der Waals surface area contributed by atoms with Gasteiger partial charge in [-0.2, -0.15) is 0 Å². The summed E-state index contributed by atoms with van der Waals surface area (Å²) >= 11 is 0. The van der Waals surface area contributed by atoms with E-state index in [4.69, 9.17) is 0 Å². The van der Waals surface area contributed by atoms with E-state index in [9.17, 15) is 9.59 Å². The third-order valence-electron chi connectivity index (χ3n) is 3.20. The molecule has 0 atom stereocenters. The average Bonchev–Trinajstić information content (AvgIpc) is 3.14. The monoisotopic (exact) mass is 274 g/mol. The molecule has 1 aliphatic rings. The molecule has 0 aromatic heterocycles. The van der Waals surface area contributed by atoms with Gasteiger partial charge in [0.05, 0.1) is 6.42 Å². The molecule has 0 unspecified atom stereocenters. The lowest BCUT2D eigenvalue weighted by atomic mass is 9.95. The molecule has 4 nitrogen and oxygen atoms in total. The van der Waals surface area contributed by atoms with Gasteiger partial charge in [0.2, 0.25) is 11.8 Å². The quantitative estimate of drug-likeness (QED) is 0.886. The number of hydrogen-bond donors (Lipinski definition) is 2. The van der Waals surface area contributed by atoms with E-state index in [1.807, 2.05) is 45.0 Å². The van der Waals surface area contributed by atoms with Crippen molar-refractivity contribution in [3.63, 3.8) is 0 Å². The third-order valence-corrected chi connectivity index (χ3v) is 3.20. The molecule has 1 aromatic carbocycles. The van der Waals surface area contributed by atoms with Crippen LogP contribution in [-0.2, 0) is 16.0 Å². The minimum Gasteiger partial charge on any atom is -0.353 e. The van der Waals surface area contributed by atoms with Gasteiger partial charge in [-0.3, -0.25) is 9.59 Å².